The molecule has 0 radical (unpaired) electrons. The molecule has 27 heavy (non-hydrogen) atoms. The van der Waals surface area contributed by atoms with Crippen molar-refractivity contribution in [3.8, 4) is 5.75 Å². The molecule has 0 saturated carbocycles. The van der Waals surface area contributed by atoms with Crippen LogP contribution in [-0.4, -0.2) is 17.8 Å². The number of carbonyl (C=O) groups excluding carboxylic acids is 2. The Morgan fingerprint density at radius 2 is 1.63 bits per heavy atom. The van der Waals surface area contributed by atoms with E-state index in [4.69, 9.17) is 4.74 Å². The van der Waals surface area contributed by atoms with E-state index in [-0.39, 0.29) is 11.1 Å². The highest BCUT2D eigenvalue weighted by Gasteiger charge is 2.24. The minimum absolute atomic E-state index is 0.271. The molecule has 3 rings (SSSR count). The predicted octanol–water partition coefficient (Wildman–Crippen LogP) is 4.89. The van der Waals surface area contributed by atoms with Gasteiger partial charge in [-0.15, -0.1) is 0 Å². The number of aryl methyl sites for hydroxylation is 1. The van der Waals surface area contributed by atoms with Crippen molar-refractivity contribution in [2.45, 2.75) is 32.1 Å². The topological polar surface area (TPSA) is 55.4 Å². The summed E-state index contributed by atoms with van der Waals surface area (Å²) in [6, 6.07) is 18.6. The van der Waals surface area contributed by atoms with E-state index in [2.05, 4.69) is 29.6 Å². The van der Waals surface area contributed by atoms with Gasteiger partial charge in [-0.2, -0.15) is 0 Å². The highest BCUT2D eigenvalue weighted by atomic mass is 32.2. The number of carbonyl (C=O) groups is 2. The monoisotopic (exact) mass is 381 g/mol. The van der Waals surface area contributed by atoms with Crippen LogP contribution in [0.2, 0.25) is 0 Å². The molecule has 0 atom stereocenters. The molecule has 2 aromatic carbocycles. The molecule has 2 aromatic rings. The van der Waals surface area contributed by atoms with Gasteiger partial charge < -0.3 is 4.74 Å². The Morgan fingerprint density at radius 1 is 0.889 bits per heavy atom. The molecule has 1 N–H and O–H groups in total. The molecule has 0 unspecified atom stereocenters. The molecule has 1 saturated heterocycles. The van der Waals surface area contributed by atoms with Crippen LogP contribution in [0.15, 0.2) is 65.6 Å². The van der Waals surface area contributed by atoms with Crippen LogP contribution in [0, 0.1) is 0 Å². The Bertz CT molecular complexity index is 800. The van der Waals surface area contributed by atoms with Crippen molar-refractivity contribution in [1.29, 1.82) is 0 Å². The first-order valence-corrected chi connectivity index (χ1v) is 10.0. The second kappa shape index (κ2) is 9.97. The van der Waals surface area contributed by atoms with Crippen LogP contribution >= 0.6 is 11.8 Å². The van der Waals surface area contributed by atoms with Crippen molar-refractivity contribution in [3.63, 3.8) is 0 Å². The van der Waals surface area contributed by atoms with Crippen LogP contribution in [0.1, 0.15) is 30.4 Å². The van der Waals surface area contributed by atoms with E-state index in [9.17, 15) is 9.59 Å². The summed E-state index contributed by atoms with van der Waals surface area (Å²) < 4.78 is 5.81. The van der Waals surface area contributed by atoms with Gasteiger partial charge in [0.05, 0.1) is 11.5 Å². The number of ether oxygens (including phenoxy) is 1. The van der Waals surface area contributed by atoms with E-state index < -0.39 is 0 Å². The van der Waals surface area contributed by atoms with Crippen LogP contribution < -0.4 is 10.1 Å². The summed E-state index contributed by atoms with van der Waals surface area (Å²) in [7, 11) is 0. The Kier molecular flexibility index (Phi) is 7.11. The number of nitrogens with one attached hydrogen (secondary N) is 1. The molecule has 1 aliphatic heterocycles. The number of hydrogen-bond acceptors (Lipinski definition) is 4. The van der Waals surface area contributed by atoms with Gasteiger partial charge in [0.25, 0.3) is 11.1 Å². The predicted molar refractivity (Wildman–Crippen MR) is 109 cm³/mol. The number of imide groups is 1. The first-order chi connectivity index (χ1) is 13.2. The van der Waals surface area contributed by atoms with Gasteiger partial charge in [-0.05, 0) is 60.7 Å². The lowest BCUT2D eigenvalue weighted by Crippen LogP contribution is -2.17. The van der Waals surface area contributed by atoms with Crippen LogP contribution in [0.3, 0.4) is 0 Å². The first kappa shape index (κ1) is 19.2. The van der Waals surface area contributed by atoms with Crippen LogP contribution in [-0.2, 0) is 17.6 Å². The lowest BCUT2D eigenvalue weighted by Gasteiger charge is -2.07. The number of unbranched alkanes of at least 4 members (excludes halogenated alkanes) is 2. The molecule has 2 amide bonds. The summed E-state index contributed by atoms with van der Waals surface area (Å²) in [4.78, 5) is 23.0. The summed E-state index contributed by atoms with van der Waals surface area (Å²) in [5.41, 5.74) is 2.56. The summed E-state index contributed by atoms with van der Waals surface area (Å²) in [5.74, 6) is 0.626. The van der Waals surface area contributed by atoms with E-state index >= 15 is 0 Å². The fourth-order valence-electron chi connectivity index (χ4n) is 2.85. The SMILES string of the molecule is O=C1NC(=O)/C(=C/CCCCc2ccc(OCCc3ccccc3)cc2)S1. The largest absolute Gasteiger partial charge is 0.493 e. The van der Waals surface area contributed by atoms with Crippen LogP contribution in [0.25, 0.3) is 0 Å². The van der Waals surface area contributed by atoms with Gasteiger partial charge in [-0.1, -0.05) is 48.5 Å². The van der Waals surface area contributed by atoms with Gasteiger partial charge in [0, 0.05) is 6.42 Å². The minimum atomic E-state index is -0.280. The maximum Gasteiger partial charge on any atom is 0.290 e. The second-order valence-corrected chi connectivity index (χ2v) is 7.40. The molecule has 140 valence electrons. The van der Waals surface area contributed by atoms with Gasteiger partial charge in [-0.25, -0.2) is 0 Å². The summed E-state index contributed by atoms with van der Waals surface area (Å²) in [6.07, 6.45) is 6.59. The third-order valence-electron chi connectivity index (χ3n) is 4.32. The van der Waals surface area contributed by atoms with Gasteiger partial charge >= 0.3 is 0 Å². The van der Waals surface area contributed by atoms with Crippen molar-refractivity contribution in [1.82, 2.24) is 5.32 Å². The molecule has 1 heterocycles. The molecule has 0 bridgehead atoms. The lowest BCUT2D eigenvalue weighted by molar-refractivity contribution is -0.115. The van der Waals surface area contributed by atoms with Crippen molar-refractivity contribution in [3.05, 3.63) is 76.7 Å². The number of thioether (sulfide) groups is 1. The van der Waals surface area contributed by atoms with Gasteiger partial charge in [-0.3, -0.25) is 14.9 Å². The van der Waals surface area contributed by atoms with E-state index in [1.807, 2.05) is 36.4 Å². The van der Waals surface area contributed by atoms with Crippen LogP contribution in [0.4, 0.5) is 4.79 Å². The standard InChI is InChI=1S/C22H23NO3S/c24-21-20(27-22(25)23-21)10-6-2-5-9-18-11-13-19(14-12-18)26-16-15-17-7-3-1-4-8-17/h1,3-4,7-8,10-14H,2,5-6,9,15-16H2,(H,23,24,25)/b20-10-. The number of hydrogen-bond donors (Lipinski definition) is 1. The molecule has 5 heteroatoms. The molecular formula is C22H23NO3S. The minimum Gasteiger partial charge on any atom is -0.493 e. The fourth-order valence-corrected chi connectivity index (χ4v) is 3.54. The van der Waals surface area contributed by atoms with E-state index in [1.54, 1.807) is 0 Å². The maximum atomic E-state index is 11.4. The lowest BCUT2D eigenvalue weighted by atomic mass is 10.1. The second-order valence-electron chi connectivity index (χ2n) is 6.39. The quantitative estimate of drug-likeness (QED) is 0.496. The van der Waals surface area contributed by atoms with Crippen LogP contribution in [0.5, 0.6) is 5.75 Å². The first-order valence-electron chi connectivity index (χ1n) is 9.20. The van der Waals surface area contributed by atoms with E-state index in [0.717, 1.165) is 49.6 Å². The molecule has 0 aromatic heterocycles. The number of benzene rings is 2. The van der Waals surface area contributed by atoms with E-state index in [1.165, 1.54) is 11.1 Å². The molecule has 4 nitrogen and oxygen atoms in total. The van der Waals surface area contributed by atoms with Crippen molar-refractivity contribution in [2.24, 2.45) is 0 Å². The van der Waals surface area contributed by atoms with Gasteiger partial charge in [0.1, 0.15) is 5.75 Å². The Labute approximate surface area is 164 Å². The average molecular weight is 381 g/mol. The zero-order valence-corrected chi connectivity index (χ0v) is 16.0. The molecular weight excluding hydrogens is 358 g/mol. The number of allylic oxidation sites excluding steroid dienone is 1. The summed E-state index contributed by atoms with van der Waals surface area (Å²) in [6.45, 7) is 0.673. The number of rotatable bonds is 9. The Morgan fingerprint density at radius 3 is 2.33 bits per heavy atom. The molecule has 0 aliphatic carbocycles. The highest BCUT2D eigenvalue weighted by molar-refractivity contribution is 8.18. The zero-order valence-electron chi connectivity index (χ0n) is 15.1. The Hall–Kier alpha value is -2.53. The van der Waals surface area contributed by atoms with Gasteiger partial charge in [0.15, 0.2) is 0 Å². The molecule has 1 fully saturated rings. The summed E-state index contributed by atoms with van der Waals surface area (Å²) in [5, 5.41) is 1.99. The van der Waals surface area contributed by atoms with Crippen molar-refractivity contribution in [2.75, 3.05) is 6.61 Å². The van der Waals surface area contributed by atoms with Crippen molar-refractivity contribution < 1.29 is 14.3 Å². The summed E-state index contributed by atoms with van der Waals surface area (Å²) >= 11 is 0.982. The molecule has 0 spiro atoms. The Balaban J connectivity index is 1.33. The third-order valence-corrected chi connectivity index (χ3v) is 5.18. The maximum absolute atomic E-state index is 11.4. The van der Waals surface area contributed by atoms with E-state index in [0.29, 0.717) is 11.5 Å². The van der Waals surface area contributed by atoms with Gasteiger partial charge in [0.2, 0.25) is 0 Å². The van der Waals surface area contributed by atoms with Crippen molar-refractivity contribution >= 4 is 22.9 Å². The normalized spacial score (nSPS) is 15.2. The third kappa shape index (κ3) is 6.29. The number of amides is 2. The fraction of sp³-hybridized carbons (Fsp3) is 0.273. The highest BCUT2D eigenvalue weighted by Crippen LogP contribution is 2.24. The average Bonchev–Trinajstić information content (AvgIpc) is 3.01. The molecule has 1 aliphatic rings. The zero-order chi connectivity index (χ0) is 18.9. The smallest absolute Gasteiger partial charge is 0.290 e.